The van der Waals surface area contributed by atoms with Gasteiger partial charge in [0.2, 0.25) is 11.8 Å². The molecule has 25 heavy (non-hydrogen) atoms. The van der Waals surface area contributed by atoms with Crippen LogP contribution in [0.1, 0.15) is 6.42 Å². The lowest BCUT2D eigenvalue weighted by Gasteiger charge is -2.16. The molecule has 1 aromatic carbocycles. The Morgan fingerprint density at radius 2 is 2.04 bits per heavy atom. The summed E-state index contributed by atoms with van der Waals surface area (Å²) in [4.78, 5) is 29.0. The fraction of sp³-hybridized carbons (Fsp3) is 0.278. The van der Waals surface area contributed by atoms with Gasteiger partial charge in [0.1, 0.15) is 11.5 Å². The highest BCUT2D eigenvalue weighted by atomic mass is 16.5. The van der Waals surface area contributed by atoms with Crippen LogP contribution in [0.15, 0.2) is 48.7 Å². The second-order valence-corrected chi connectivity index (χ2v) is 5.76. The molecule has 1 atom stereocenters. The molecule has 1 aromatic heterocycles. The van der Waals surface area contributed by atoms with Crippen LogP contribution < -0.4 is 15.2 Å². The quantitative estimate of drug-likeness (QED) is 0.861. The second kappa shape index (κ2) is 7.65. The van der Waals surface area contributed by atoms with Gasteiger partial charge in [-0.25, -0.2) is 4.98 Å². The summed E-state index contributed by atoms with van der Waals surface area (Å²) in [7, 11) is 0. The van der Waals surface area contributed by atoms with Gasteiger partial charge in [0.05, 0.1) is 5.92 Å². The molecule has 0 radical (unpaired) electrons. The Morgan fingerprint density at radius 3 is 2.76 bits per heavy atom. The van der Waals surface area contributed by atoms with Crippen LogP contribution in [0, 0.1) is 5.92 Å². The van der Waals surface area contributed by atoms with Crippen molar-refractivity contribution >= 4 is 11.8 Å². The van der Waals surface area contributed by atoms with Crippen LogP contribution in [-0.4, -0.2) is 41.4 Å². The SMILES string of the molecule is NC(=O)C1CCN(C(=O)COc2cccc(Oc3ccccn3)c2)C1. The van der Waals surface area contributed by atoms with Gasteiger partial charge in [0.15, 0.2) is 6.61 Å². The van der Waals surface area contributed by atoms with Gasteiger partial charge in [-0.3, -0.25) is 9.59 Å². The lowest BCUT2D eigenvalue weighted by molar-refractivity contribution is -0.132. The Labute approximate surface area is 145 Å². The first-order valence-electron chi connectivity index (χ1n) is 8.00. The van der Waals surface area contributed by atoms with E-state index < -0.39 is 0 Å². The molecule has 2 heterocycles. The van der Waals surface area contributed by atoms with Gasteiger partial charge in [0.25, 0.3) is 5.91 Å². The summed E-state index contributed by atoms with van der Waals surface area (Å²) in [6.45, 7) is 0.789. The Hall–Kier alpha value is -3.09. The van der Waals surface area contributed by atoms with Crippen LogP contribution in [0.2, 0.25) is 0 Å². The second-order valence-electron chi connectivity index (χ2n) is 5.76. The number of primary amides is 1. The molecule has 3 rings (SSSR count). The maximum atomic E-state index is 12.2. The lowest BCUT2D eigenvalue weighted by atomic mass is 10.1. The molecule has 2 N–H and O–H groups in total. The molecule has 1 unspecified atom stereocenters. The summed E-state index contributed by atoms with van der Waals surface area (Å²) < 4.78 is 11.2. The molecule has 0 saturated carbocycles. The number of hydrogen-bond acceptors (Lipinski definition) is 5. The molecule has 130 valence electrons. The Kier molecular flexibility index (Phi) is 5.13. The topological polar surface area (TPSA) is 94.8 Å². The maximum absolute atomic E-state index is 12.2. The molecule has 1 saturated heterocycles. The number of likely N-dealkylation sites (tertiary alicyclic amines) is 1. The summed E-state index contributed by atoms with van der Waals surface area (Å²) in [5, 5.41) is 0. The molecule has 1 aliphatic heterocycles. The molecular formula is C18H19N3O4. The molecule has 0 bridgehead atoms. The number of rotatable bonds is 6. The molecule has 1 aliphatic rings. The smallest absolute Gasteiger partial charge is 0.260 e. The summed E-state index contributed by atoms with van der Waals surface area (Å²) in [6, 6.07) is 12.4. The van der Waals surface area contributed by atoms with Crippen LogP contribution in [0.25, 0.3) is 0 Å². The highest BCUT2D eigenvalue weighted by molar-refractivity contribution is 5.81. The summed E-state index contributed by atoms with van der Waals surface area (Å²) >= 11 is 0. The van der Waals surface area contributed by atoms with Gasteiger partial charge in [-0.05, 0) is 24.6 Å². The van der Waals surface area contributed by atoms with Crippen LogP contribution >= 0.6 is 0 Å². The summed E-state index contributed by atoms with van der Waals surface area (Å²) in [5.41, 5.74) is 5.28. The van der Waals surface area contributed by atoms with E-state index in [0.717, 1.165) is 0 Å². The first kappa shape index (κ1) is 16.8. The van der Waals surface area contributed by atoms with Gasteiger partial charge in [-0.2, -0.15) is 0 Å². The third-order valence-corrected chi connectivity index (χ3v) is 3.97. The van der Waals surface area contributed by atoms with E-state index in [9.17, 15) is 9.59 Å². The number of hydrogen-bond donors (Lipinski definition) is 1. The Morgan fingerprint density at radius 1 is 1.20 bits per heavy atom. The van der Waals surface area contributed by atoms with Crippen LogP contribution in [-0.2, 0) is 9.59 Å². The van der Waals surface area contributed by atoms with Crippen molar-refractivity contribution in [3.05, 3.63) is 48.7 Å². The number of benzene rings is 1. The van der Waals surface area contributed by atoms with E-state index >= 15 is 0 Å². The number of amides is 2. The highest BCUT2D eigenvalue weighted by Gasteiger charge is 2.29. The summed E-state index contributed by atoms with van der Waals surface area (Å²) in [6.07, 6.45) is 2.25. The van der Waals surface area contributed by atoms with E-state index in [1.54, 1.807) is 47.5 Å². The van der Waals surface area contributed by atoms with Crippen molar-refractivity contribution < 1.29 is 19.1 Å². The van der Waals surface area contributed by atoms with Crippen LogP contribution in [0.4, 0.5) is 0 Å². The Bertz CT molecular complexity index is 751. The van der Waals surface area contributed by atoms with Crippen molar-refractivity contribution in [2.75, 3.05) is 19.7 Å². The number of carbonyl (C=O) groups excluding carboxylic acids is 2. The highest BCUT2D eigenvalue weighted by Crippen LogP contribution is 2.24. The first-order valence-corrected chi connectivity index (χ1v) is 8.00. The Balaban J connectivity index is 1.54. The molecule has 2 aromatic rings. The van der Waals surface area contributed by atoms with E-state index in [1.165, 1.54) is 0 Å². The number of ether oxygens (including phenoxy) is 2. The molecule has 2 amide bonds. The molecule has 7 heteroatoms. The van der Waals surface area contributed by atoms with Gasteiger partial charge < -0.3 is 20.1 Å². The van der Waals surface area contributed by atoms with Gasteiger partial charge in [-0.15, -0.1) is 0 Å². The van der Waals surface area contributed by atoms with Crippen molar-refractivity contribution in [2.45, 2.75) is 6.42 Å². The van der Waals surface area contributed by atoms with Crippen molar-refractivity contribution in [3.63, 3.8) is 0 Å². The molecule has 0 aliphatic carbocycles. The van der Waals surface area contributed by atoms with Gasteiger partial charge >= 0.3 is 0 Å². The molecule has 1 fully saturated rings. The van der Waals surface area contributed by atoms with Gasteiger partial charge in [0, 0.05) is 31.4 Å². The fourth-order valence-electron chi connectivity index (χ4n) is 2.61. The molecule has 0 spiro atoms. The third-order valence-electron chi connectivity index (χ3n) is 3.97. The monoisotopic (exact) mass is 341 g/mol. The molecular weight excluding hydrogens is 322 g/mol. The minimum atomic E-state index is -0.365. The van der Waals surface area contributed by atoms with Crippen LogP contribution in [0.5, 0.6) is 17.4 Å². The van der Waals surface area contributed by atoms with E-state index in [1.807, 2.05) is 6.07 Å². The average Bonchev–Trinajstić information content (AvgIpc) is 3.11. The van der Waals surface area contributed by atoms with E-state index in [2.05, 4.69) is 4.98 Å². The van der Waals surface area contributed by atoms with Crippen molar-refractivity contribution in [1.82, 2.24) is 9.88 Å². The van der Waals surface area contributed by atoms with Crippen molar-refractivity contribution in [2.24, 2.45) is 11.7 Å². The largest absolute Gasteiger partial charge is 0.484 e. The van der Waals surface area contributed by atoms with Crippen molar-refractivity contribution in [3.8, 4) is 17.4 Å². The predicted molar refractivity (Wildman–Crippen MR) is 90.1 cm³/mol. The third kappa shape index (κ3) is 4.47. The van der Waals surface area contributed by atoms with Crippen LogP contribution in [0.3, 0.4) is 0 Å². The zero-order valence-corrected chi connectivity index (χ0v) is 13.6. The van der Waals surface area contributed by atoms with E-state index in [4.69, 9.17) is 15.2 Å². The number of aromatic nitrogens is 1. The van der Waals surface area contributed by atoms with Gasteiger partial charge in [-0.1, -0.05) is 12.1 Å². The first-order chi connectivity index (χ1) is 12.1. The number of carbonyl (C=O) groups is 2. The zero-order valence-electron chi connectivity index (χ0n) is 13.6. The minimum Gasteiger partial charge on any atom is -0.484 e. The molecule has 7 nitrogen and oxygen atoms in total. The number of nitrogens with zero attached hydrogens (tertiary/aromatic N) is 2. The van der Waals surface area contributed by atoms with E-state index in [-0.39, 0.29) is 24.3 Å². The predicted octanol–water partition coefficient (Wildman–Crippen LogP) is 1.59. The standard InChI is InChI=1S/C18H19N3O4/c19-18(23)13-7-9-21(11-13)17(22)12-24-14-4-3-5-15(10-14)25-16-6-1-2-8-20-16/h1-6,8,10,13H,7,9,11-12H2,(H2,19,23). The zero-order chi connectivity index (χ0) is 17.6. The number of nitrogens with two attached hydrogens (primary N) is 1. The summed E-state index contributed by atoms with van der Waals surface area (Å²) in [5.74, 6) is 0.769. The lowest BCUT2D eigenvalue weighted by Crippen LogP contribution is -2.34. The maximum Gasteiger partial charge on any atom is 0.260 e. The van der Waals surface area contributed by atoms with E-state index in [0.29, 0.717) is 36.9 Å². The van der Waals surface area contributed by atoms with Crippen molar-refractivity contribution in [1.29, 1.82) is 0 Å². The number of pyridine rings is 1. The fourth-order valence-corrected chi connectivity index (χ4v) is 2.61. The normalized spacial score (nSPS) is 16.5. The average molecular weight is 341 g/mol. The minimum absolute atomic E-state index is 0.0987.